The molecule has 0 aliphatic heterocycles. The van der Waals surface area contributed by atoms with Crippen molar-refractivity contribution in [3.05, 3.63) is 30.3 Å². The zero-order valence-corrected chi connectivity index (χ0v) is 10.5. The monoisotopic (exact) mass is 350 g/mol. The van der Waals surface area contributed by atoms with Crippen LogP contribution in [0, 0.1) is 30.3 Å². The largest absolute Gasteiger partial charge is 0.412 e. The predicted molar refractivity (Wildman–Crippen MR) is 40.8 cm³/mol. The molecular formula is H11N3O13Y. The third-order valence-corrected chi connectivity index (χ3v) is 0. The molecule has 0 spiro atoms. The zero-order valence-electron chi connectivity index (χ0n) is 7.71. The van der Waals surface area contributed by atoms with Crippen molar-refractivity contribution < 1.29 is 85.5 Å². The summed E-state index contributed by atoms with van der Waals surface area (Å²) in [5, 5.41) is 40.9. The van der Waals surface area contributed by atoms with Gasteiger partial charge in [0.25, 0.3) is 15.3 Å². The summed E-state index contributed by atoms with van der Waals surface area (Å²) in [6.45, 7) is 0. The molecule has 0 aromatic carbocycles. The minimum atomic E-state index is -1.50. The Hall–Kier alpha value is -1.46. The maximum atomic E-state index is 8.36. The second-order valence-electron chi connectivity index (χ2n) is 0.714. The molecule has 0 rings (SSSR count). The van der Waals surface area contributed by atoms with Gasteiger partial charge in [-0.05, 0) is 0 Å². The van der Waals surface area contributed by atoms with Crippen molar-refractivity contribution in [3.63, 3.8) is 0 Å². The van der Waals surface area contributed by atoms with E-state index in [1.165, 1.54) is 0 Å². The molecule has 11 N–H and O–H groups in total. The van der Waals surface area contributed by atoms with Gasteiger partial charge in [0.15, 0.2) is 0 Å². The minimum absolute atomic E-state index is 0. The molecule has 0 aliphatic rings. The van der Waals surface area contributed by atoms with E-state index in [1.54, 1.807) is 0 Å². The second-order valence-corrected chi connectivity index (χ2v) is 0.714. The van der Waals surface area contributed by atoms with Crippen LogP contribution in [0.2, 0.25) is 0 Å². The average Bonchev–Trinajstić information content (AvgIpc) is 1.54. The van der Waals surface area contributed by atoms with Crippen molar-refractivity contribution >= 4 is 0 Å². The van der Waals surface area contributed by atoms with E-state index in [1.807, 2.05) is 0 Å². The Kier molecular flexibility index (Phi) is 159. The number of rotatable bonds is 0. The molecule has 0 saturated heterocycles. The molecule has 16 nitrogen and oxygen atoms in total. The number of nitrogens with zero attached hydrogens (tertiary/aromatic N) is 3. The second kappa shape index (κ2) is 46.9. The molecule has 0 aliphatic carbocycles. The summed E-state index contributed by atoms with van der Waals surface area (Å²) in [7, 11) is 0. The van der Waals surface area contributed by atoms with Gasteiger partial charge in [0.05, 0.1) is 0 Å². The van der Waals surface area contributed by atoms with Gasteiger partial charge in [-0.1, -0.05) is 0 Å². The van der Waals surface area contributed by atoms with Crippen LogP contribution in [0.5, 0.6) is 0 Å². The van der Waals surface area contributed by atoms with Crippen LogP contribution in [0.1, 0.15) is 0 Å². The molecule has 107 valence electrons. The molecule has 0 atom stereocenters. The van der Waals surface area contributed by atoms with Gasteiger partial charge in [-0.15, -0.1) is 30.3 Å². The Labute approximate surface area is 116 Å². The average molecular weight is 350 g/mol. The fraction of sp³-hybridized carbons (Fsp3) is 0. The van der Waals surface area contributed by atoms with Crippen LogP contribution in [0.3, 0.4) is 0 Å². The maximum absolute atomic E-state index is 8.36. The summed E-state index contributed by atoms with van der Waals surface area (Å²) < 4.78 is 0. The fourth-order valence-electron chi connectivity index (χ4n) is 0. The molecule has 0 aromatic heterocycles. The van der Waals surface area contributed by atoms with Gasteiger partial charge >= 0.3 is 0 Å². The van der Waals surface area contributed by atoms with Crippen LogP contribution >= 0.6 is 0 Å². The summed E-state index contributed by atoms with van der Waals surface area (Å²) >= 11 is 0. The minimum Gasteiger partial charge on any atom is -0.412 e. The smallest absolute Gasteiger partial charge is 0.291 e. The van der Waals surface area contributed by atoms with Crippen molar-refractivity contribution in [2.24, 2.45) is 0 Å². The first-order chi connectivity index (χ1) is 5.20. The summed E-state index contributed by atoms with van der Waals surface area (Å²) in [5.74, 6) is 0. The van der Waals surface area contributed by atoms with Gasteiger partial charge in [-0.2, -0.15) is 0 Å². The third kappa shape index (κ3) is 1080. The van der Waals surface area contributed by atoms with E-state index < -0.39 is 15.3 Å². The van der Waals surface area contributed by atoms with Crippen LogP contribution < -0.4 is 0 Å². The molecule has 0 fully saturated rings. The molecule has 0 unspecified atom stereocenters. The Balaban J connectivity index is -0.0000000104. The fourth-order valence-corrected chi connectivity index (χ4v) is 0. The van der Waals surface area contributed by atoms with Crippen LogP contribution in [0.25, 0.3) is 0 Å². The van der Waals surface area contributed by atoms with Gasteiger partial charge in [0, 0.05) is 32.7 Å². The van der Waals surface area contributed by atoms with Crippen molar-refractivity contribution in [3.8, 4) is 0 Å². The van der Waals surface area contributed by atoms with Crippen molar-refractivity contribution in [1.29, 1.82) is 0 Å². The van der Waals surface area contributed by atoms with Crippen LogP contribution in [0.15, 0.2) is 0 Å². The Morgan fingerprint density at radius 3 is 0.588 bits per heavy atom. The SMILES string of the molecule is O.O.O.O.O=[N+]([O-])O.O=[N+]([O-])O.O=[N+]([O-])O.[Y]. The van der Waals surface area contributed by atoms with Crippen molar-refractivity contribution in [1.82, 2.24) is 0 Å². The van der Waals surface area contributed by atoms with Gasteiger partial charge in [0.2, 0.25) is 0 Å². The van der Waals surface area contributed by atoms with Crippen LogP contribution in [-0.4, -0.2) is 52.8 Å². The van der Waals surface area contributed by atoms with E-state index in [2.05, 4.69) is 0 Å². The zero-order chi connectivity index (χ0) is 10.7. The van der Waals surface area contributed by atoms with Crippen LogP contribution in [-0.2, 0) is 32.7 Å². The summed E-state index contributed by atoms with van der Waals surface area (Å²) in [6.07, 6.45) is 0. The van der Waals surface area contributed by atoms with Crippen molar-refractivity contribution in [2.75, 3.05) is 0 Å². The number of hydrogen-bond acceptors (Lipinski definition) is 6. The standard InChI is InChI=1S/3HNO3.4H2O.Y/c3*2-1(3)4;;;;;/h3*(H,2,3,4);4*1H2;. The third-order valence-electron chi connectivity index (χ3n) is 0. The Bertz CT molecular complexity index is 114. The van der Waals surface area contributed by atoms with Gasteiger partial charge in [0.1, 0.15) is 0 Å². The Morgan fingerprint density at radius 1 is 0.588 bits per heavy atom. The molecule has 0 bridgehead atoms. The predicted octanol–water partition coefficient (Wildman–Crippen LogP) is -4.34. The molecule has 17 heteroatoms. The van der Waals surface area contributed by atoms with E-state index in [4.69, 9.17) is 46.0 Å². The van der Waals surface area contributed by atoms with E-state index in [0.717, 1.165) is 0 Å². The summed E-state index contributed by atoms with van der Waals surface area (Å²) in [4.78, 5) is 25.1. The van der Waals surface area contributed by atoms with Gasteiger partial charge in [-0.25, -0.2) is 0 Å². The summed E-state index contributed by atoms with van der Waals surface area (Å²) in [6, 6.07) is 0. The molecule has 17 heavy (non-hydrogen) atoms. The quantitative estimate of drug-likeness (QED) is 0.280. The van der Waals surface area contributed by atoms with E-state index in [0.29, 0.717) is 0 Å². The topological polar surface area (TPSA) is 316 Å². The normalized spacial score (nSPS) is 4.24. The van der Waals surface area contributed by atoms with Gasteiger partial charge in [-0.3, -0.25) is 0 Å². The van der Waals surface area contributed by atoms with E-state index in [9.17, 15) is 0 Å². The molecule has 1 radical (unpaired) electrons. The number of hydrogen-bond donors (Lipinski definition) is 3. The van der Waals surface area contributed by atoms with Crippen LogP contribution in [0.4, 0.5) is 0 Å². The van der Waals surface area contributed by atoms with Gasteiger partial charge < -0.3 is 37.5 Å². The Morgan fingerprint density at radius 2 is 0.588 bits per heavy atom. The molecular weight excluding hydrogens is 339 g/mol. The van der Waals surface area contributed by atoms with Crippen molar-refractivity contribution in [2.45, 2.75) is 0 Å². The molecule has 0 saturated carbocycles. The molecule has 0 heterocycles. The van der Waals surface area contributed by atoms with E-state index in [-0.39, 0.29) is 54.6 Å². The first kappa shape index (κ1) is 57.8. The first-order valence-corrected chi connectivity index (χ1v) is 1.70. The first-order valence-electron chi connectivity index (χ1n) is 1.70. The maximum Gasteiger partial charge on any atom is 0.291 e. The van der Waals surface area contributed by atoms with E-state index >= 15 is 0 Å². The molecule has 0 amide bonds. The molecule has 0 aromatic rings. The summed E-state index contributed by atoms with van der Waals surface area (Å²) in [5.41, 5.74) is 0.